The summed E-state index contributed by atoms with van der Waals surface area (Å²) in [6.07, 6.45) is 2.27. The minimum Gasteiger partial charge on any atom is -0.316 e. The molecule has 10 rings (SSSR count). The van der Waals surface area contributed by atoms with Gasteiger partial charge in [0.1, 0.15) is 0 Å². The fourth-order valence-corrected chi connectivity index (χ4v) is 12.5. The van der Waals surface area contributed by atoms with Crippen LogP contribution in [0.4, 0.5) is 0 Å². The number of aromatic nitrogens is 2. The van der Waals surface area contributed by atoms with E-state index < -0.39 is 10.0 Å². The predicted octanol–water partition coefficient (Wildman–Crippen LogP) is 12.7. The van der Waals surface area contributed by atoms with Crippen molar-refractivity contribution in [2.45, 2.75) is 38.8 Å². The molecule has 0 saturated carbocycles. The van der Waals surface area contributed by atoms with Gasteiger partial charge in [-0.2, -0.15) is 0 Å². The van der Waals surface area contributed by atoms with Gasteiger partial charge in [-0.05, 0) is 96.1 Å². The van der Waals surface area contributed by atoms with Crippen molar-refractivity contribution < 1.29 is 0 Å². The molecule has 0 amide bonds. The first-order valence-electron chi connectivity index (χ1n) is 17.4. The third-order valence-electron chi connectivity index (χ3n) is 10.8. The first-order valence-corrected chi connectivity index (χ1v) is 19.0. The maximum Gasteiger partial charge on any atom is 0.0635 e. The quantitative estimate of drug-likeness (QED) is 0.174. The Morgan fingerprint density at radius 3 is 1.62 bits per heavy atom. The smallest absolute Gasteiger partial charge is 0.0635 e. The minimum absolute atomic E-state index is 0.124. The van der Waals surface area contributed by atoms with Gasteiger partial charge < -0.3 is 9.13 Å². The van der Waals surface area contributed by atoms with Gasteiger partial charge >= 0.3 is 0 Å². The maximum atomic E-state index is 2.50. The molecule has 9 aromatic rings. The summed E-state index contributed by atoms with van der Waals surface area (Å²) in [6.45, 7) is 4.75. The first kappa shape index (κ1) is 29.2. The van der Waals surface area contributed by atoms with Crippen molar-refractivity contribution in [2.24, 2.45) is 0 Å². The highest BCUT2D eigenvalue weighted by Crippen LogP contribution is 2.73. The van der Waals surface area contributed by atoms with Gasteiger partial charge in [0.05, 0.1) is 16.6 Å². The average Bonchev–Trinajstić information content (AvgIpc) is 3.76. The fourth-order valence-electron chi connectivity index (χ4n) is 8.58. The Hall–Kier alpha value is -5.77. The highest BCUT2D eigenvalue weighted by molar-refractivity contribution is 8.34. The van der Waals surface area contributed by atoms with Crippen LogP contribution in [0, 0.1) is 0 Å². The van der Waals surface area contributed by atoms with E-state index in [1.807, 2.05) is 0 Å². The van der Waals surface area contributed by atoms with Gasteiger partial charge in [0.2, 0.25) is 0 Å². The number of benzene rings is 7. The van der Waals surface area contributed by atoms with Crippen LogP contribution in [0.3, 0.4) is 0 Å². The zero-order valence-corrected chi connectivity index (χ0v) is 28.9. The van der Waals surface area contributed by atoms with Gasteiger partial charge in [-0.1, -0.05) is 105 Å². The van der Waals surface area contributed by atoms with Crippen LogP contribution in [-0.2, 0) is 5.41 Å². The van der Waals surface area contributed by atoms with Crippen LogP contribution in [0.2, 0.25) is 0 Å². The van der Waals surface area contributed by atoms with Crippen molar-refractivity contribution in [3.05, 3.63) is 193 Å². The van der Waals surface area contributed by atoms with E-state index in [9.17, 15) is 0 Å². The molecule has 0 spiro atoms. The lowest BCUT2D eigenvalue weighted by atomic mass is 9.74. The van der Waals surface area contributed by atoms with E-state index in [-0.39, 0.29) is 5.41 Å². The van der Waals surface area contributed by atoms with Crippen LogP contribution in [0.1, 0.15) is 25.0 Å². The maximum absolute atomic E-state index is 2.50. The second kappa shape index (κ2) is 10.9. The molecule has 50 heavy (non-hydrogen) atoms. The highest BCUT2D eigenvalue weighted by Gasteiger charge is 2.36. The molecule has 0 bridgehead atoms. The Bertz CT molecular complexity index is 2600. The van der Waals surface area contributed by atoms with Crippen molar-refractivity contribution in [3.63, 3.8) is 0 Å². The summed E-state index contributed by atoms with van der Waals surface area (Å²) >= 11 is 0. The van der Waals surface area contributed by atoms with E-state index in [1.54, 1.807) is 0 Å². The Labute approximate surface area is 294 Å². The lowest BCUT2D eigenvalue weighted by molar-refractivity contribution is 0.629. The van der Waals surface area contributed by atoms with Crippen molar-refractivity contribution in [1.29, 1.82) is 0 Å². The molecule has 3 heteroatoms. The lowest BCUT2D eigenvalue weighted by Crippen LogP contribution is -2.26. The summed E-state index contributed by atoms with van der Waals surface area (Å²) in [5.74, 6) is 0. The standard InChI is InChI=1S/C47H36N2S/c1-47(2)41-23-13-15-25-44(41)48-31-30-39-45-40(32-42(47)46(39)48)38-22-12-14-24-43(38)49(45)33-26-28-37(29-27-33)50(34-16-6-3-7-17-34,35-18-8-4-9-19-35)36-20-10-5-11-21-36/h3-32H,1-2H3. The molecule has 3 heterocycles. The van der Waals surface area contributed by atoms with Gasteiger partial charge in [-0.3, -0.25) is 0 Å². The van der Waals surface area contributed by atoms with Crippen molar-refractivity contribution in [1.82, 2.24) is 9.13 Å². The normalized spacial score (nSPS) is 13.9. The van der Waals surface area contributed by atoms with Gasteiger partial charge in [-0.15, -0.1) is 10.0 Å². The zero-order valence-electron chi connectivity index (χ0n) is 28.1. The Balaban J connectivity index is 1.25. The van der Waals surface area contributed by atoms with E-state index in [0.717, 1.165) is 0 Å². The number of hydrogen-bond donors (Lipinski definition) is 0. The van der Waals surface area contributed by atoms with Gasteiger partial charge in [0.15, 0.2) is 0 Å². The van der Waals surface area contributed by atoms with Crippen LogP contribution < -0.4 is 0 Å². The molecule has 0 atom stereocenters. The molecule has 0 unspecified atom stereocenters. The minimum atomic E-state index is -1.77. The summed E-state index contributed by atoms with van der Waals surface area (Å²) in [4.78, 5) is 5.30. The molecule has 0 aliphatic carbocycles. The molecule has 0 fully saturated rings. The molecule has 2 aromatic heterocycles. The molecule has 0 saturated heterocycles. The number of hydrogen-bond acceptors (Lipinski definition) is 0. The number of nitrogens with zero attached hydrogens (tertiary/aromatic N) is 2. The summed E-state index contributed by atoms with van der Waals surface area (Å²) in [5.41, 5.74) is 8.86. The Kier molecular flexibility index (Phi) is 6.34. The largest absolute Gasteiger partial charge is 0.316 e. The third-order valence-corrected chi connectivity index (χ3v) is 14.8. The average molecular weight is 661 g/mol. The van der Waals surface area contributed by atoms with Crippen molar-refractivity contribution in [2.75, 3.05) is 0 Å². The highest BCUT2D eigenvalue weighted by atomic mass is 32.3. The molecule has 2 nitrogen and oxygen atoms in total. The monoisotopic (exact) mass is 660 g/mol. The summed E-state index contributed by atoms with van der Waals surface area (Å²) < 4.78 is 4.91. The van der Waals surface area contributed by atoms with Crippen molar-refractivity contribution >= 4 is 42.7 Å². The van der Waals surface area contributed by atoms with Gasteiger partial charge in [0, 0.05) is 58.7 Å². The summed E-state index contributed by atoms with van der Waals surface area (Å²) in [7, 11) is -1.77. The molecule has 1 aliphatic rings. The van der Waals surface area contributed by atoms with E-state index >= 15 is 0 Å². The third kappa shape index (κ3) is 3.93. The van der Waals surface area contributed by atoms with Crippen LogP contribution >= 0.6 is 10.0 Å². The molecule has 0 N–H and O–H groups in total. The molecule has 7 aromatic carbocycles. The van der Waals surface area contributed by atoms with Crippen LogP contribution in [0.25, 0.3) is 44.1 Å². The second-order valence-electron chi connectivity index (χ2n) is 13.8. The topological polar surface area (TPSA) is 9.86 Å². The Morgan fingerprint density at radius 1 is 0.440 bits per heavy atom. The molecular weight excluding hydrogens is 625 g/mol. The number of rotatable bonds is 5. The zero-order chi connectivity index (χ0) is 33.5. The number of para-hydroxylation sites is 2. The fraction of sp³-hybridized carbons (Fsp3) is 0.0638. The van der Waals surface area contributed by atoms with E-state index in [2.05, 4.69) is 205 Å². The summed E-state index contributed by atoms with van der Waals surface area (Å²) in [5, 5.41) is 3.87. The van der Waals surface area contributed by atoms with Crippen molar-refractivity contribution in [3.8, 4) is 11.4 Å². The molecule has 240 valence electrons. The van der Waals surface area contributed by atoms with Gasteiger partial charge in [0.25, 0.3) is 0 Å². The number of fused-ring (bicyclic) bond motifs is 6. The van der Waals surface area contributed by atoms with E-state index in [0.29, 0.717) is 0 Å². The van der Waals surface area contributed by atoms with E-state index in [1.165, 1.54) is 74.8 Å². The molecule has 1 aliphatic heterocycles. The molecule has 0 radical (unpaired) electrons. The van der Waals surface area contributed by atoms with Crippen LogP contribution in [0.15, 0.2) is 202 Å². The van der Waals surface area contributed by atoms with Gasteiger partial charge in [-0.25, -0.2) is 0 Å². The van der Waals surface area contributed by atoms with Crippen LogP contribution in [-0.4, -0.2) is 9.13 Å². The first-order chi connectivity index (χ1) is 24.6. The van der Waals surface area contributed by atoms with Crippen LogP contribution in [0.5, 0.6) is 0 Å². The Morgan fingerprint density at radius 2 is 0.980 bits per heavy atom. The summed E-state index contributed by atoms with van der Waals surface area (Å²) in [6, 6.07) is 65.3. The predicted molar refractivity (Wildman–Crippen MR) is 210 cm³/mol. The van der Waals surface area contributed by atoms with E-state index in [4.69, 9.17) is 0 Å². The SMILES string of the molecule is CC1(C)c2ccccc2-n2ccc3c2c1cc1c2ccccc2n(-c2ccc(S(c4ccccc4)(c4ccccc4)c4ccccc4)cc2)c13. The second-order valence-corrected chi connectivity index (χ2v) is 16.9. The lowest BCUT2D eigenvalue weighted by Gasteiger charge is -2.42. The molecular formula is C47H36N2S.